The molecule has 1 aliphatic rings. The largest absolute Gasteiger partial charge is 0.457 e. The highest BCUT2D eigenvalue weighted by Gasteiger charge is 2.37. The summed E-state index contributed by atoms with van der Waals surface area (Å²) >= 11 is 7.30. The number of para-hydroxylation sites is 1. The lowest BCUT2D eigenvalue weighted by molar-refractivity contribution is -0.150. The van der Waals surface area contributed by atoms with Gasteiger partial charge in [0.2, 0.25) is 5.91 Å². The second kappa shape index (κ2) is 11.0. The van der Waals surface area contributed by atoms with Gasteiger partial charge in [-0.2, -0.15) is 5.26 Å². The zero-order valence-corrected chi connectivity index (χ0v) is 21.9. The van der Waals surface area contributed by atoms with E-state index in [-0.39, 0.29) is 11.7 Å². The minimum absolute atomic E-state index is 0.0875. The number of dihydropyridines is 1. The zero-order chi connectivity index (χ0) is 25.8. The lowest BCUT2D eigenvalue weighted by atomic mass is 9.82. The highest BCUT2D eigenvalue weighted by Crippen LogP contribution is 2.41. The fraction of sp³-hybridized carbons (Fsp3) is 0.296. The average Bonchev–Trinajstić information content (AvgIpc) is 2.78. The molecule has 0 saturated heterocycles. The van der Waals surface area contributed by atoms with Crippen molar-refractivity contribution < 1.29 is 14.3 Å². The summed E-state index contributed by atoms with van der Waals surface area (Å²) in [7, 11) is 0. The van der Waals surface area contributed by atoms with Crippen LogP contribution in [0.25, 0.3) is 0 Å². The van der Waals surface area contributed by atoms with Gasteiger partial charge in [0.1, 0.15) is 5.60 Å². The van der Waals surface area contributed by atoms with Crippen LogP contribution in [0.4, 0.5) is 5.69 Å². The van der Waals surface area contributed by atoms with Crippen LogP contribution in [0.15, 0.2) is 70.4 Å². The smallest absolute Gasteiger partial charge is 0.337 e. The quantitative estimate of drug-likeness (QED) is 0.460. The van der Waals surface area contributed by atoms with Crippen LogP contribution < -0.4 is 10.6 Å². The molecular formula is C27H28ClN3O3S. The highest BCUT2D eigenvalue weighted by atomic mass is 35.5. The molecule has 1 atom stereocenters. The van der Waals surface area contributed by atoms with E-state index in [4.69, 9.17) is 16.3 Å². The van der Waals surface area contributed by atoms with Crippen molar-refractivity contribution in [2.75, 3.05) is 11.1 Å². The maximum atomic E-state index is 13.2. The number of hydrogen-bond acceptors (Lipinski definition) is 6. The maximum absolute atomic E-state index is 13.2. The van der Waals surface area contributed by atoms with E-state index in [1.165, 1.54) is 11.8 Å². The van der Waals surface area contributed by atoms with Crippen molar-refractivity contribution in [3.05, 3.63) is 86.6 Å². The van der Waals surface area contributed by atoms with Crippen LogP contribution in [0.3, 0.4) is 0 Å². The van der Waals surface area contributed by atoms with Gasteiger partial charge in [-0.25, -0.2) is 4.79 Å². The molecule has 2 aromatic carbocycles. The van der Waals surface area contributed by atoms with Crippen molar-refractivity contribution in [1.29, 1.82) is 5.26 Å². The monoisotopic (exact) mass is 509 g/mol. The van der Waals surface area contributed by atoms with E-state index in [9.17, 15) is 14.9 Å². The molecule has 1 aliphatic heterocycles. The molecule has 35 heavy (non-hydrogen) atoms. The maximum Gasteiger partial charge on any atom is 0.337 e. The molecule has 0 spiro atoms. The van der Waals surface area contributed by atoms with E-state index in [0.717, 1.165) is 16.8 Å². The molecule has 0 unspecified atom stereocenters. The summed E-state index contributed by atoms with van der Waals surface area (Å²) in [5.74, 6) is -1.27. The van der Waals surface area contributed by atoms with E-state index < -0.39 is 17.5 Å². The molecule has 0 bridgehead atoms. The normalized spacial score (nSPS) is 15.9. The van der Waals surface area contributed by atoms with Gasteiger partial charge in [-0.1, -0.05) is 53.7 Å². The molecule has 0 radical (unpaired) electrons. The SMILES string of the molecule is CC1=C(C(=O)OC(C)(C)C)[C@H](c2ccc(Cl)cc2)C(C#N)=C(SCC(=O)Nc2ccccc2C)N1. The molecule has 0 saturated carbocycles. The number of anilines is 1. The number of hydrogen-bond donors (Lipinski definition) is 2. The highest BCUT2D eigenvalue weighted by molar-refractivity contribution is 8.03. The fourth-order valence-electron chi connectivity index (χ4n) is 3.66. The van der Waals surface area contributed by atoms with Crippen molar-refractivity contribution in [2.24, 2.45) is 0 Å². The van der Waals surface area contributed by atoms with Gasteiger partial charge in [-0.05, 0) is 63.9 Å². The molecular weight excluding hydrogens is 482 g/mol. The number of thioether (sulfide) groups is 1. The van der Waals surface area contributed by atoms with Crippen molar-refractivity contribution in [3.8, 4) is 6.07 Å². The first-order valence-corrected chi connectivity index (χ1v) is 12.5. The number of carbonyl (C=O) groups excluding carboxylic acids is 2. The van der Waals surface area contributed by atoms with Crippen LogP contribution in [0.2, 0.25) is 5.02 Å². The van der Waals surface area contributed by atoms with E-state index in [1.807, 2.05) is 31.2 Å². The summed E-state index contributed by atoms with van der Waals surface area (Å²) in [6.45, 7) is 9.08. The van der Waals surface area contributed by atoms with Gasteiger partial charge < -0.3 is 15.4 Å². The number of rotatable bonds is 6. The number of esters is 1. The number of allylic oxidation sites excluding steroid dienone is 2. The Morgan fingerprint density at radius 2 is 1.80 bits per heavy atom. The molecule has 0 fully saturated rings. The van der Waals surface area contributed by atoms with E-state index in [2.05, 4.69) is 16.7 Å². The van der Waals surface area contributed by atoms with E-state index >= 15 is 0 Å². The number of nitrogens with zero attached hydrogens (tertiary/aromatic N) is 1. The third-order valence-electron chi connectivity index (χ3n) is 5.24. The Hall–Kier alpha value is -3.21. The van der Waals surface area contributed by atoms with Gasteiger partial charge in [-0.15, -0.1) is 0 Å². The van der Waals surface area contributed by atoms with Gasteiger partial charge in [0.25, 0.3) is 0 Å². The summed E-state index contributed by atoms with van der Waals surface area (Å²) < 4.78 is 5.66. The number of carbonyl (C=O) groups is 2. The second-order valence-electron chi connectivity index (χ2n) is 9.16. The van der Waals surface area contributed by atoms with E-state index in [0.29, 0.717) is 26.9 Å². The molecule has 2 N–H and O–H groups in total. The van der Waals surface area contributed by atoms with Gasteiger partial charge in [0, 0.05) is 16.4 Å². The number of halogens is 1. The predicted octanol–water partition coefficient (Wildman–Crippen LogP) is 6.06. The fourth-order valence-corrected chi connectivity index (χ4v) is 4.67. The number of ether oxygens (including phenoxy) is 1. The molecule has 2 aromatic rings. The summed E-state index contributed by atoms with van der Waals surface area (Å²) in [6, 6.07) is 16.8. The summed E-state index contributed by atoms with van der Waals surface area (Å²) in [5, 5.41) is 17.3. The predicted molar refractivity (Wildman–Crippen MR) is 141 cm³/mol. The second-order valence-corrected chi connectivity index (χ2v) is 10.6. The Bertz CT molecular complexity index is 1240. The van der Waals surface area contributed by atoms with E-state index in [1.54, 1.807) is 52.0 Å². The first-order chi connectivity index (χ1) is 16.5. The summed E-state index contributed by atoms with van der Waals surface area (Å²) in [4.78, 5) is 25.8. The van der Waals surface area contributed by atoms with Gasteiger partial charge >= 0.3 is 5.97 Å². The Kier molecular flexibility index (Phi) is 8.31. The standard InChI is InChI=1S/C27H28ClN3O3S/c1-16-8-6-7-9-21(16)31-22(32)15-35-25-20(14-29)24(18-10-12-19(28)13-11-18)23(17(2)30-25)26(33)34-27(3,4)5/h6-13,24,30H,15H2,1-5H3,(H,31,32)/t24-/m1/s1. The minimum atomic E-state index is -0.700. The van der Waals surface area contributed by atoms with Crippen LogP contribution in [-0.2, 0) is 14.3 Å². The average molecular weight is 510 g/mol. The molecule has 0 aromatic heterocycles. The third kappa shape index (κ3) is 6.68. The molecule has 1 amide bonds. The van der Waals surface area contributed by atoms with Crippen molar-refractivity contribution >= 4 is 40.9 Å². The number of benzene rings is 2. The van der Waals surface area contributed by atoms with Crippen LogP contribution in [0.5, 0.6) is 0 Å². The lowest BCUT2D eigenvalue weighted by Crippen LogP contribution is -2.32. The molecule has 182 valence electrons. The lowest BCUT2D eigenvalue weighted by Gasteiger charge is -2.31. The van der Waals surface area contributed by atoms with Crippen molar-refractivity contribution in [1.82, 2.24) is 5.32 Å². The molecule has 1 heterocycles. The Morgan fingerprint density at radius 3 is 2.40 bits per heavy atom. The van der Waals surface area contributed by atoms with Crippen LogP contribution >= 0.6 is 23.4 Å². The Morgan fingerprint density at radius 1 is 1.14 bits per heavy atom. The third-order valence-corrected chi connectivity index (χ3v) is 6.51. The number of nitriles is 1. The number of nitrogens with one attached hydrogen (secondary N) is 2. The topological polar surface area (TPSA) is 91.2 Å². The van der Waals surface area contributed by atoms with Crippen molar-refractivity contribution in [2.45, 2.75) is 46.1 Å². The molecule has 8 heteroatoms. The molecule has 3 rings (SSSR count). The van der Waals surface area contributed by atoms with Crippen molar-refractivity contribution in [3.63, 3.8) is 0 Å². The molecule has 6 nitrogen and oxygen atoms in total. The minimum Gasteiger partial charge on any atom is -0.457 e. The Labute approximate surface area is 215 Å². The summed E-state index contributed by atoms with van der Waals surface area (Å²) in [5.41, 5.74) is 3.00. The summed E-state index contributed by atoms with van der Waals surface area (Å²) in [6.07, 6.45) is 0. The van der Waals surface area contributed by atoms with Gasteiger partial charge in [-0.3, -0.25) is 4.79 Å². The zero-order valence-electron chi connectivity index (χ0n) is 20.4. The van der Waals surface area contributed by atoms with Gasteiger partial charge in [0.15, 0.2) is 0 Å². The Balaban J connectivity index is 1.93. The van der Waals surface area contributed by atoms with Gasteiger partial charge in [0.05, 0.1) is 33.9 Å². The van der Waals surface area contributed by atoms with Crippen LogP contribution in [0.1, 0.15) is 44.7 Å². The number of amides is 1. The van der Waals surface area contributed by atoms with Crippen LogP contribution in [-0.4, -0.2) is 23.2 Å². The number of aryl methyl sites for hydroxylation is 1. The van der Waals surface area contributed by atoms with Crippen LogP contribution in [0, 0.1) is 18.3 Å². The molecule has 0 aliphatic carbocycles. The first kappa shape index (κ1) is 26.4. The first-order valence-electron chi connectivity index (χ1n) is 11.1.